The van der Waals surface area contributed by atoms with Crippen molar-refractivity contribution in [1.82, 2.24) is 10.6 Å². The van der Waals surface area contributed by atoms with Gasteiger partial charge in [-0.25, -0.2) is 4.79 Å². The number of aliphatic carboxylic acids is 1. The lowest BCUT2D eigenvalue weighted by Gasteiger charge is -2.27. The van der Waals surface area contributed by atoms with E-state index < -0.39 is 5.97 Å². The fourth-order valence-corrected chi connectivity index (χ4v) is 4.27. The van der Waals surface area contributed by atoms with Crippen molar-refractivity contribution in [3.8, 4) is 0 Å². The molecule has 2 atom stereocenters. The van der Waals surface area contributed by atoms with Gasteiger partial charge in [-0.05, 0) is 68.6 Å². The maximum absolute atomic E-state index is 12.2. The molecule has 2 amide bonds. The zero-order chi connectivity index (χ0) is 17.8. The van der Waals surface area contributed by atoms with Crippen LogP contribution < -0.4 is 10.6 Å². The van der Waals surface area contributed by atoms with E-state index in [0.717, 1.165) is 37.1 Å². The minimum atomic E-state index is -0.721. The van der Waals surface area contributed by atoms with Gasteiger partial charge >= 0.3 is 12.0 Å². The molecule has 2 aliphatic carbocycles. The minimum Gasteiger partial charge on any atom is -0.481 e. The molecule has 3 N–H and O–H groups in total. The topological polar surface area (TPSA) is 78.4 Å². The number of carbonyl (C=O) groups excluding carboxylic acids is 1. The monoisotopic (exact) mass is 364 g/mol. The number of hydrogen-bond donors (Lipinski definition) is 3. The summed E-state index contributed by atoms with van der Waals surface area (Å²) in [7, 11) is 0. The van der Waals surface area contributed by atoms with Crippen LogP contribution in [-0.4, -0.2) is 29.2 Å². The van der Waals surface area contributed by atoms with E-state index in [0.29, 0.717) is 18.8 Å². The summed E-state index contributed by atoms with van der Waals surface area (Å²) in [6, 6.07) is 8.09. The molecule has 0 aliphatic heterocycles. The third-order valence-corrected chi connectivity index (χ3v) is 5.73. The summed E-state index contributed by atoms with van der Waals surface area (Å²) in [5, 5.41) is 15.9. The minimum absolute atomic E-state index is 0.0840. The first-order valence-corrected chi connectivity index (χ1v) is 9.44. The van der Waals surface area contributed by atoms with Crippen LogP contribution in [0.25, 0.3) is 0 Å². The molecule has 5 nitrogen and oxygen atoms in total. The van der Waals surface area contributed by atoms with E-state index in [4.69, 9.17) is 16.7 Å². The van der Waals surface area contributed by atoms with Crippen molar-refractivity contribution in [2.75, 3.05) is 0 Å². The number of carboxylic acids is 1. The summed E-state index contributed by atoms with van der Waals surface area (Å²) in [6.45, 7) is 0. The molecule has 2 unspecified atom stereocenters. The van der Waals surface area contributed by atoms with E-state index in [1.807, 2.05) is 18.2 Å². The Morgan fingerprint density at radius 1 is 1.00 bits per heavy atom. The van der Waals surface area contributed by atoms with Gasteiger partial charge in [-0.1, -0.05) is 23.7 Å². The van der Waals surface area contributed by atoms with Gasteiger partial charge in [0.1, 0.15) is 0 Å². The van der Waals surface area contributed by atoms with Crippen LogP contribution in [-0.2, 0) is 4.79 Å². The first kappa shape index (κ1) is 18.1. The van der Waals surface area contributed by atoms with Crippen LogP contribution in [0.4, 0.5) is 4.79 Å². The molecule has 0 saturated heterocycles. The predicted octanol–water partition coefficient (Wildman–Crippen LogP) is 3.92. The van der Waals surface area contributed by atoms with Gasteiger partial charge in [-0.15, -0.1) is 0 Å². The number of urea groups is 1. The zero-order valence-corrected chi connectivity index (χ0v) is 15.0. The SMILES string of the molecule is O=C(NC1CCC(C(=O)O)CC1)NC1CCC(c2cccc(Cl)c2)C1. The molecule has 2 fully saturated rings. The highest BCUT2D eigenvalue weighted by molar-refractivity contribution is 6.30. The quantitative estimate of drug-likeness (QED) is 0.757. The Balaban J connectivity index is 1.43. The molecule has 3 rings (SSSR count). The molecule has 0 bridgehead atoms. The van der Waals surface area contributed by atoms with Crippen LogP contribution >= 0.6 is 11.6 Å². The summed E-state index contributed by atoms with van der Waals surface area (Å²) in [5.74, 6) is -0.537. The molecule has 0 radical (unpaired) electrons. The normalized spacial score (nSPS) is 29.2. The fourth-order valence-electron chi connectivity index (χ4n) is 4.07. The van der Waals surface area contributed by atoms with Gasteiger partial charge in [-0.3, -0.25) is 4.79 Å². The molecule has 6 heteroatoms. The van der Waals surface area contributed by atoms with Crippen molar-refractivity contribution >= 4 is 23.6 Å². The maximum Gasteiger partial charge on any atom is 0.315 e. The van der Waals surface area contributed by atoms with Gasteiger partial charge in [0.15, 0.2) is 0 Å². The average Bonchev–Trinajstić information content (AvgIpc) is 3.03. The zero-order valence-electron chi connectivity index (χ0n) is 14.2. The summed E-state index contributed by atoms with van der Waals surface area (Å²) in [6.07, 6.45) is 5.70. The second kappa shape index (κ2) is 8.09. The number of benzene rings is 1. The molecule has 136 valence electrons. The maximum atomic E-state index is 12.2. The number of carboxylic acid groups (broad SMARTS) is 1. The Morgan fingerprint density at radius 3 is 2.36 bits per heavy atom. The molecule has 0 heterocycles. The van der Waals surface area contributed by atoms with Crippen LogP contribution in [0.3, 0.4) is 0 Å². The fraction of sp³-hybridized carbons (Fsp3) is 0.579. The van der Waals surface area contributed by atoms with E-state index >= 15 is 0 Å². The highest BCUT2D eigenvalue weighted by atomic mass is 35.5. The van der Waals surface area contributed by atoms with Crippen molar-refractivity contribution in [3.63, 3.8) is 0 Å². The van der Waals surface area contributed by atoms with Crippen molar-refractivity contribution in [3.05, 3.63) is 34.9 Å². The largest absolute Gasteiger partial charge is 0.481 e. The average molecular weight is 365 g/mol. The first-order chi connectivity index (χ1) is 12.0. The third kappa shape index (κ3) is 4.88. The van der Waals surface area contributed by atoms with Gasteiger partial charge in [0.05, 0.1) is 5.92 Å². The van der Waals surface area contributed by atoms with E-state index in [1.54, 1.807) is 0 Å². The lowest BCUT2D eigenvalue weighted by atomic mass is 9.86. The van der Waals surface area contributed by atoms with Gasteiger partial charge in [0.25, 0.3) is 0 Å². The van der Waals surface area contributed by atoms with Crippen molar-refractivity contribution in [2.45, 2.75) is 62.9 Å². The highest BCUT2D eigenvalue weighted by Gasteiger charge is 2.29. The molecule has 2 aliphatic rings. The Labute approximate surface area is 153 Å². The van der Waals surface area contributed by atoms with Crippen molar-refractivity contribution in [1.29, 1.82) is 0 Å². The smallest absolute Gasteiger partial charge is 0.315 e. The van der Waals surface area contributed by atoms with E-state index in [9.17, 15) is 9.59 Å². The standard InChI is InChI=1S/C19H25ClN2O3/c20-15-3-1-2-13(10-15)14-6-9-17(11-14)22-19(25)21-16-7-4-12(5-8-16)18(23)24/h1-3,10,12,14,16-17H,4-9,11H2,(H,23,24)(H2,21,22,25). The van der Waals surface area contributed by atoms with Crippen LogP contribution in [0.1, 0.15) is 56.4 Å². The molecule has 25 heavy (non-hydrogen) atoms. The summed E-state index contributed by atoms with van der Waals surface area (Å²) >= 11 is 6.07. The van der Waals surface area contributed by atoms with Crippen molar-refractivity contribution < 1.29 is 14.7 Å². The Bertz CT molecular complexity index is 629. The molecule has 1 aromatic carbocycles. The summed E-state index contributed by atoms with van der Waals surface area (Å²) in [5.41, 5.74) is 1.24. The van der Waals surface area contributed by atoms with Gasteiger partial charge in [0, 0.05) is 17.1 Å². The van der Waals surface area contributed by atoms with E-state index in [-0.39, 0.29) is 24.0 Å². The molecule has 0 aromatic heterocycles. The number of carbonyl (C=O) groups is 2. The van der Waals surface area contributed by atoms with E-state index in [1.165, 1.54) is 5.56 Å². The van der Waals surface area contributed by atoms with Gasteiger partial charge in [0.2, 0.25) is 0 Å². The Morgan fingerprint density at radius 2 is 1.68 bits per heavy atom. The van der Waals surface area contributed by atoms with Crippen LogP contribution in [0.2, 0.25) is 5.02 Å². The van der Waals surface area contributed by atoms with Gasteiger partial charge in [-0.2, -0.15) is 0 Å². The number of amides is 2. The van der Waals surface area contributed by atoms with Crippen LogP contribution in [0.15, 0.2) is 24.3 Å². The Kier molecular flexibility index (Phi) is 5.84. The predicted molar refractivity (Wildman–Crippen MR) is 96.9 cm³/mol. The molecular formula is C19H25ClN2O3. The lowest BCUT2D eigenvalue weighted by Crippen LogP contribution is -2.47. The highest BCUT2D eigenvalue weighted by Crippen LogP contribution is 2.35. The lowest BCUT2D eigenvalue weighted by molar-refractivity contribution is -0.142. The molecular weight excluding hydrogens is 340 g/mol. The molecule has 1 aromatic rings. The number of rotatable bonds is 4. The number of nitrogens with one attached hydrogen (secondary N) is 2. The number of halogens is 1. The number of hydrogen-bond acceptors (Lipinski definition) is 2. The Hall–Kier alpha value is -1.75. The third-order valence-electron chi connectivity index (χ3n) is 5.50. The first-order valence-electron chi connectivity index (χ1n) is 9.06. The van der Waals surface area contributed by atoms with Crippen molar-refractivity contribution in [2.24, 2.45) is 5.92 Å². The van der Waals surface area contributed by atoms with Gasteiger partial charge < -0.3 is 15.7 Å². The molecule has 2 saturated carbocycles. The second-order valence-corrected chi connectivity index (χ2v) is 7.70. The van der Waals surface area contributed by atoms with Crippen LogP contribution in [0, 0.1) is 5.92 Å². The molecule has 0 spiro atoms. The second-order valence-electron chi connectivity index (χ2n) is 7.27. The summed E-state index contributed by atoms with van der Waals surface area (Å²) < 4.78 is 0. The summed E-state index contributed by atoms with van der Waals surface area (Å²) in [4.78, 5) is 23.2. The van der Waals surface area contributed by atoms with E-state index in [2.05, 4.69) is 16.7 Å². The van der Waals surface area contributed by atoms with Crippen LogP contribution in [0.5, 0.6) is 0 Å².